The zero-order valence-electron chi connectivity index (χ0n) is 11.4. The zero-order chi connectivity index (χ0) is 13.8. The van der Waals surface area contributed by atoms with Crippen molar-refractivity contribution in [3.8, 4) is 0 Å². The lowest BCUT2D eigenvalue weighted by Crippen LogP contribution is -2.30. The van der Waals surface area contributed by atoms with Gasteiger partial charge < -0.3 is 0 Å². The van der Waals surface area contributed by atoms with E-state index in [0.29, 0.717) is 5.17 Å². The van der Waals surface area contributed by atoms with E-state index < -0.39 is 0 Å². The molecule has 1 aliphatic heterocycles. The third-order valence-corrected chi connectivity index (χ3v) is 4.63. The lowest BCUT2D eigenvalue weighted by atomic mass is 9.86. The number of nitrogens with zero attached hydrogens (tertiary/aromatic N) is 2. The number of aryl methyl sites for hydroxylation is 1. The Kier molecular flexibility index (Phi) is 4.31. The molecule has 1 unspecified atom stereocenters. The van der Waals surface area contributed by atoms with Crippen molar-refractivity contribution in [3.63, 3.8) is 0 Å². The van der Waals surface area contributed by atoms with Gasteiger partial charge in [0.15, 0.2) is 5.17 Å². The van der Waals surface area contributed by atoms with Gasteiger partial charge in [0.25, 0.3) is 5.91 Å². The van der Waals surface area contributed by atoms with E-state index in [2.05, 4.69) is 34.3 Å². The van der Waals surface area contributed by atoms with Gasteiger partial charge in [0.2, 0.25) is 0 Å². The topological polar surface area (TPSA) is 41.8 Å². The van der Waals surface area contributed by atoms with Crippen molar-refractivity contribution in [2.75, 3.05) is 5.75 Å². The molecule has 3 rings (SSSR count). The molecule has 1 amide bonds. The number of hydrogen-bond acceptors (Lipinski definition) is 3. The molecular weight excluding hydrogens is 268 g/mol. The van der Waals surface area contributed by atoms with Crippen molar-refractivity contribution in [1.82, 2.24) is 0 Å². The summed E-state index contributed by atoms with van der Waals surface area (Å²) in [5.74, 6) is 0.927. The van der Waals surface area contributed by atoms with Crippen molar-refractivity contribution in [3.05, 3.63) is 35.9 Å². The van der Waals surface area contributed by atoms with Crippen molar-refractivity contribution < 1.29 is 4.79 Å². The Morgan fingerprint density at radius 1 is 1.15 bits per heavy atom. The lowest BCUT2D eigenvalue weighted by Gasteiger charge is -2.24. The highest BCUT2D eigenvalue weighted by atomic mass is 32.2. The highest BCUT2D eigenvalue weighted by molar-refractivity contribution is 8.13. The fourth-order valence-electron chi connectivity index (χ4n) is 2.68. The first-order valence-corrected chi connectivity index (χ1v) is 8.18. The second-order valence-electron chi connectivity index (χ2n) is 5.22. The van der Waals surface area contributed by atoms with E-state index in [4.69, 9.17) is 0 Å². The summed E-state index contributed by atoms with van der Waals surface area (Å²) in [6, 6.07) is 10.4. The molecule has 0 spiro atoms. The largest absolute Gasteiger partial charge is 0.272 e. The van der Waals surface area contributed by atoms with Crippen LogP contribution in [0, 0.1) is 5.92 Å². The summed E-state index contributed by atoms with van der Waals surface area (Å²) in [7, 11) is 0. The monoisotopic (exact) mass is 286 g/mol. The van der Waals surface area contributed by atoms with Gasteiger partial charge in [-0.3, -0.25) is 4.79 Å². The summed E-state index contributed by atoms with van der Waals surface area (Å²) in [5, 5.41) is 0.666. The molecule has 20 heavy (non-hydrogen) atoms. The van der Waals surface area contributed by atoms with Gasteiger partial charge in [0, 0.05) is 11.5 Å². The predicted octanol–water partition coefficient (Wildman–Crippen LogP) is 3.49. The average molecular weight is 286 g/mol. The van der Waals surface area contributed by atoms with Crippen LogP contribution in [0.25, 0.3) is 0 Å². The van der Waals surface area contributed by atoms with Gasteiger partial charge >= 0.3 is 0 Å². The highest BCUT2D eigenvalue weighted by Crippen LogP contribution is 2.27. The Hall–Kier alpha value is -1.42. The minimum atomic E-state index is -0.0118. The van der Waals surface area contributed by atoms with Crippen LogP contribution in [0.3, 0.4) is 0 Å². The molecule has 104 valence electrons. The third kappa shape index (κ3) is 3.18. The molecule has 1 aromatic rings. The summed E-state index contributed by atoms with van der Waals surface area (Å²) < 4.78 is 0. The molecule has 0 N–H and O–H groups in total. The van der Waals surface area contributed by atoms with Gasteiger partial charge in [-0.05, 0) is 31.2 Å². The molecule has 1 atom stereocenters. The normalized spacial score (nSPS) is 22.0. The maximum Gasteiger partial charge on any atom is 0.256 e. The minimum Gasteiger partial charge on any atom is -0.272 e. The zero-order valence-corrected chi connectivity index (χ0v) is 12.2. The quantitative estimate of drug-likeness (QED) is 0.853. The first-order valence-electron chi connectivity index (χ1n) is 7.19. The molecule has 1 heterocycles. The summed E-state index contributed by atoms with van der Waals surface area (Å²) in [4.78, 5) is 20.7. The smallest absolute Gasteiger partial charge is 0.256 e. The number of amidine groups is 1. The van der Waals surface area contributed by atoms with Crippen LogP contribution in [-0.4, -0.2) is 22.5 Å². The molecule has 1 saturated carbocycles. The second kappa shape index (κ2) is 6.35. The summed E-state index contributed by atoms with van der Waals surface area (Å²) >= 11 is 1.59. The van der Waals surface area contributed by atoms with Crippen LogP contribution in [0.4, 0.5) is 0 Å². The van der Waals surface area contributed by atoms with Crippen LogP contribution in [0.5, 0.6) is 0 Å². The standard InChI is InChI=1S/C16H18N2OS/c19-15-13-8-4-5-9-14(13)17-16(18-15)20-11-10-12-6-2-1-3-7-12/h1-3,6-7,13H,4-5,8-11H2. The molecule has 3 nitrogen and oxygen atoms in total. The lowest BCUT2D eigenvalue weighted by molar-refractivity contribution is -0.120. The maximum absolute atomic E-state index is 12.0. The van der Waals surface area contributed by atoms with Crippen LogP contribution in [0.15, 0.2) is 40.3 Å². The van der Waals surface area contributed by atoms with E-state index in [0.717, 1.165) is 43.6 Å². The number of carbonyl (C=O) groups is 1. The summed E-state index contributed by atoms with van der Waals surface area (Å²) in [6.07, 6.45) is 5.16. The first kappa shape index (κ1) is 13.6. The molecule has 0 saturated heterocycles. The molecule has 1 aliphatic carbocycles. The Morgan fingerprint density at radius 3 is 2.85 bits per heavy atom. The average Bonchev–Trinajstić information content (AvgIpc) is 2.48. The van der Waals surface area contributed by atoms with Crippen molar-refractivity contribution in [1.29, 1.82) is 0 Å². The van der Waals surface area contributed by atoms with E-state index in [9.17, 15) is 4.79 Å². The number of amides is 1. The Labute approximate surface area is 123 Å². The number of fused-ring (bicyclic) bond motifs is 1. The van der Waals surface area contributed by atoms with Crippen LogP contribution < -0.4 is 0 Å². The molecule has 0 aromatic heterocycles. The molecular formula is C16H18N2OS. The molecule has 4 heteroatoms. The van der Waals surface area contributed by atoms with Gasteiger partial charge in [-0.1, -0.05) is 48.5 Å². The molecule has 0 bridgehead atoms. The minimum absolute atomic E-state index is 0.0118. The number of hydrogen-bond donors (Lipinski definition) is 0. The Balaban J connectivity index is 1.58. The number of carbonyl (C=O) groups excluding carboxylic acids is 1. The van der Waals surface area contributed by atoms with E-state index in [1.807, 2.05) is 6.07 Å². The van der Waals surface area contributed by atoms with Gasteiger partial charge in [0.05, 0.1) is 5.92 Å². The fourth-order valence-corrected chi connectivity index (χ4v) is 3.54. The number of thioether (sulfide) groups is 1. The maximum atomic E-state index is 12.0. The van der Waals surface area contributed by atoms with Crippen LogP contribution in [-0.2, 0) is 11.2 Å². The number of benzene rings is 1. The van der Waals surface area contributed by atoms with Crippen LogP contribution in [0.1, 0.15) is 31.2 Å². The fraction of sp³-hybridized carbons (Fsp3) is 0.438. The highest BCUT2D eigenvalue weighted by Gasteiger charge is 2.30. The van der Waals surface area contributed by atoms with Crippen molar-refractivity contribution in [2.24, 2.45) is 15.9 Å². The second-order valence-corrected chi connectivity index (χ2v) is 6.28. The number of aliphatic imine (C=N–C) groups is 2. The third-order valence-electron chi connectivity index (χ3n) is 3.79. The first-order chi connectivity index (χ1) is 9.83. The van der Waals surface area contributed by atoms with E-state index in [1.165, 1.54) is 5.56 Å². The summed E-state index contributed by atoms with van der Waals surface area (Å²) in [5.41, 5.74) is 2.38. The molecule has 1 aromatic carbocycles. The summed E-state index contributed by atoms with van der Waals surface area (Å²) in [6.45, 7) is 0. The SMILES string of the molecule is O=C1N=C(SCCc2ccccc2)N=C2CCCCC12. The predicted molar refractivity (Wildman–Crippen MR) is 84.4 cm³/mol. The van der Waals surface area contributed by atoms with Gasteiger partial charge in [-0.25, -0.2) is 4.99 Å². The van der Waals surface area contributed by atoms with Gasteiger partial charge in [0.1, 0.15) is 0 Å². The Morgan fingerprint density at radius 2 is 2.00 bits per heavy atom. The number of rotatable bonds is 3. The molecule has 0 radical (unpaired) electrons. The molecule has 2 aliphatic rings. The van der Waals surface area contributed by atoms with Crippen LogP contribution in [0.2, 0.25) is 0 Å². The van der Waals surface area contributed by atoms with Crippen molar-refractivity contribution >= 4 is 28.5 Å². The van der Waals surface area contributed by atoms with E-state index in [-0.39, 0.29) is 11.8 Å². The van der Waals surface area contributed by atoms with E-state index >= 15 is 0 Å². The Bertz CT molecular complexity index is 551. The van der Waals surface area contributed by atoms with Gasteiger partial charge in [-0.2, -0.15) is 4.99 Å². The van der Waals surface area contributed by atoms with Gasteiger partial charge in [-0.15, -0.1) is 0 Å². The van der Waals surface area contributed by atoms with Crippen molar-refractivity contribution in [2.45, 2.75) is 32.1 Å². The van der Waals surface area contributed by atoms with Crippen LogP contribution >= 0.6 is 11.8 Å². The molecule has 1 fully saturated rings. The van der Waals surface area contributed by atoms with E-state index in [1.54, 1.807) is 11.8 Å².